The Labute approximate surface area is 125 Å². The average Bonchev–Trinajstić information content (AvgIpc) is 2.73. The summed E-state index contributed by atoms with van der Waals surface area (Å²) in [6.07, 6.45) is 6.77. The minimum Gasteiger partial charge on any atom is -0.490 e. The summed E-state index contributed by atoms with van der Waals surface area (Å²) < 4.78 is 11.8. The minimum atomic E-state index is -0.0472. The van der Waals surface area contributed by atoms with Crippen molar-refractivity contribution in [3.05, 3.63) is 22.7 Å². The third-order valence-electron chi connectivity index (χ3n) is 4.60. The van der Waals surface area contributed by atoms with Crippen molar-refractivity contribution >= 4 is 11.6 Å². The van der Waals surface area contributed by atoms with E-state index < -0.39 is 0 Å². The van der Waals surface area contributed by atoms with E-state index >= 15 is 0 Å². The van der Waals surface area contributed by atoms with Gasteiger partial charge in [-0.3, -0.25) is 0 Å². The van der Waals surface area contributed by atoms with Gasteiger partial charge in [-0.05, 0) is 25.0 Å². The predicted molar refractivity (Wildman–Crippen MR) is 80.9 cm³/mol. The van der Waals surface area contributed by atoms with Crippen LogP contribution in [0.1, 0.15) is 44.1 Å². The van der Waals surface area contributed by atoms with E-state index in [1.165, 1.54) is 19.3 Å². The van der Waals surface area contributed by atoms with Crippen LogP contribution in [-0.2, 0) is 5.41 Å². The second kappa shape index (κ2) is 5.82. The average molecular weight is 296 g/mol. The summed E-state index contributed by atoms with van der Waals surface area (Å²) in [6.45, 7) is 2.00. The molecule has 1 aliphatic carbocycles. The van der Waals surface area contributed by atoms with E-state index in [1.54, 1.807) is 0 Å². The van der Waals surface area contributed by atoms with Crippen LogP contribution in [0, 0.1) is 0 Å². The minimum absolute atomic E-state index is 0.0472. The van der Waals surface area contributed by atoms with Crippen molar-refractivity contribution in [2.75, 3.05) is 19.8 Å². The third-order valence-corrected chi connectivity index (χ3v) is 4.91. The number of hydrogen-bond donors (Lipinski definition) is 1. The third kappa shape index (κ3) is 2.38. The van der Waals surface area contributed by atoms with Gasteiger partial charge in [0.25, 0.3) is 0 Å². The topological polar surface area (TPSA) is 44.5 Å². The van der Waals surface area contributed by atoms with Gasteiger partial charge in [0.05, 0.1) is 13.2 Å². The Bertz CT molecular complexity index is 484. The van der Waals surface area contributed by atoms with Crippen molar-refractivity contribution < 1.29 is 9.47 Å². The highest BCUT2D eigenvalue weighted by molar-refractivity contribution is 6.31. The van der Waals surface area contributed by atoms with E-state index in [0.717, 1.165) is 41.3 Å². The van der Waals surface area contributed by atoms with Crippen LogP contribution >= 0.6 is 11.6 Å². The molecule has 0 spiro atoms. The summed E-state index contributed by atoms with van der Waals surface area (Å²) in [5, 5.41) is 0.765. The number of ether oxygens (including phenoxy) is 2. The van der Waals surface area contributed by atoms with Crippen LogP contribution in [0.4, 0.5) is 0 Å². The van der Waals surface area contributed by atoms with Gasteiger partial charge in [-0.15, -0.1) is 0 Å². The van der Waals surface area contributed by atoms with Crippen molar-refractivity contribution in [2.24, 2.45) is 5.73 Å². The molecule has 1 saturated carbocycles. The second-order valence-corrected chi connectivity index (χ2v) is 6.25. The lowest BCUT2D eigenvalue weighted by Crippen LogP contribution is -2.37. The number of benzene rings is 1. The zero-order valence-electron chi connectivity index (χ0n) is 11.8. The van der Waals surface area contributed by atoms with Crippen LogP contribution < -0.4 is 15.2 Å². The number of hydrogen-bond acceptors (Lipinski definition) is 3. The molecule has 0 bridgehead atoms. The highest BCUT2D eigenvalue weighted by Gasteiger charge is 2.38. The molecule has 3 nitrogen and oxygen atoms in total. The number of rotatable bonds is 2. The summed E-state index contributed by atoms with van der Waals surface area (Å²) >= 11 is 6.53. The quantitative estimate of drug-likeness (QED) is 0.905. The highest BCUT2D eigenvalue weighted by atomic mass is 35.5. The van der Waals surface area contributed by atoms with Gasteiger partial charge in [0.1, 0.15) is 0 Å². The zero-order chi connectivity index (χ0) is 14.0. The molecule has 3 rings (SSSR count). The Morgan fingerprint density at radius 1 is 1.05 bits per heavy atom. The maximum Gasteiger partial charge on any atom is 0.166 e. The summed E-state index contributed by atoms with van der Waals surface area (Å²) in [7, 11) is 0. The Morgan fingerprint density at radius 3 is 2.55 bits per heavy atom. The molecule has 2 aliphatic rings. The molecule has 1 fully saturated rings. The zero-order valence-corrected chi connectivity index (χ0v) is 12.5. The first-order valence-electron chi connectivity index (χ1n) is 7.55. The molecule has 0 radical (unpaired) electrons. The van der Waals surface area contributed by atoms with Gasteiger partial charge in [-0.1, -0.05) is 30.9 Å². The van der Waals surface area contributed by atoms with Crippen molar-refractivity contribution in [3.63, 3.8) is 0 Å². The van der Waals surface area contributed by atoms with E-state index in [1.807, 2.05) is 12.1 Å². The Balaban J connectivity index is 2.11. The fourth-order valence-corrected chi connectivity index (χ4v) is 3.84. The van der Waals surface area contributed by atoms with E-state index in [2.05, 4.69) is 0 Å². The first-order valence-corrected chi connectivity index (χ1v) is 7.93. The van der Waals surface area contributed by atoms with Gasteiger partial charge < -0.3 is 15.2 Å². The summed E-state index contributed by atoms with van der Waals surface area (Å²) in [4.78, 5) is 0. The lowest BCUT2D eigenvalue weighted by molar-refractivity contribution is 0.271. The van der Waals surface area contributed by atoms with E-state index in [0.29, 0.717) is 19.8 Å². The van der Waals surface area contributed by atoms with Gasteiger partial charge in [0, 0.05) is 29.0 Å². The maximum atomic E-state index is 6.53. The van der Waals surface area contributed by atoms with Crippen molar-refractivity contribution in [1.29, 1.82) is 0 Å². The molecular weight excluding hydrogens is 274 g/mol. The largest absolute Gasteiger partial charge is 0.490 e. The molecule has 110 valence electrons. The molecule has 0 atom stereocenters. The first kappa shape index (κ1) is 14.0. The van der Waals surface area contributed by atoms with Crippen molar-refractivity contribution in [2.45, 2.75) is 43.9 Å². The molecule has 1 aromatic rings. The summed E-state index contributed by atoms with van der Waals surface area (Å²) in [6, 6.07) is 3.84. The SMILES string of the molecule is NCC1(c2c(Cl)ccc3c2OCCCO3)CCCCC1. The van der Waals surface area contributed by atoms with Crippen molar-refractivity contribution in [1.82, 2.24) is 0 Å². The molecule has 0 unspecified atom stereocenters. The molecule has 20 heavy (non-hydrogen) atoms. The predicted octanol–water partition coefficient (Wildman–Crippen LogP) is 3.66. The molecule has 1 aromatic carbocycles. The fraction of sp³-hybridized carbons (Fsp3) is 0.625. The Morgan fingerprint density at radius 2 is 1.80 bits per heavy atom. The molecular formula is C16H22ClNO2. The van der Waals surface area contributed by atoms with Crippen LogP contribution in [0.3, 0.4) is 0 Å². The highest BCUT2D eigenvalue weighted by Crippen LogP contribution is 2.49. The number of halogens is 1. The Kier molecular flexibility index (Phi) is 4.08. The lowest BCUT2D eigenvalue weighted by Gasteiger charge is -2.38. The normalized spacial score (nSPS) is 21.3. The smallest absolute Gasteiger partial charge is 0.166 e. The molecule has 0 amide bonds. The van der Waals surface area contributed by atoms with E-state index in [4.69, 9.17) is 26.8 Å². The second-order valence-electron chi connectivity index (χ2n) is 5.85. The molecule has 4 heteroatoms. The summed E-state index contributed by atoms with van der Waals surface area (Å²) in [5.74, 6) is 1.66. The van der Waals surface area contributed by atoms with Crippen LogP contribution in [0.15, 0.2) is 12.1 Å². The molecule has 1 aliphatic heterocycles. The fourth-order valence-electron chi connectivity index (χ4n) is 3.49. The van der Waals surface area contributed by atoms with Crippen molar-refractivity contribution in [3.8, 4) is 11.5 Å². The first-order chi connectivity index (χ1) is 9.77. The number of fused-ring (bicyclic) bond motifs is 1. The molecule has 0 aromatic heterocycles. The molecule has 0 saturated heterocycles. The lowest BCUT2D eigenvalue weighted by atomic mass is 9.69. The van der Waals surface area contributed by atoms with Crippen LogP contribution in [0.25, 0.3) is 0 Å². The molecule has 1 heterocycles. The van der Waals surface area contributed by atoms with E-state index in [9.17, 15) is 0 Å². The van der Waals surface area contributed by atoms with Gasteiger partial charge in [0.15, 0.2) is 11.5 Å². The van der Waals surface area contributed by atoms with Gasteiger partial charge in [-0.25, -0.2) is 0 Å². The van der Waals surface area contributed by atoms with Crippen LogP contribution in [0.2, 0.25) is 5.02 Å². The number of nitrogens with two attached hydrogens (primary N) is 1. The van der Waals surface area contributed by atoms with E-state index in [-0.39, 0.29) is 5.41 Å². The van der Waals surface area contributed by atoms with Gasteiger partial charge in [0.2, 0.25) is 0 Å². The van der Waals surface area contributed by atoms with Gasteiger partial charge in [-0.2, -0.15) is 0 Å². The Hall–Kier alpha value is -0.930. The van der Waals surface area contributed by atoms with Crippen LogP contribution in [-0.4, -0.2) is 19.8 Å². The van der Waals surface area contributed by atoms with Gasteiger partial charge >= 0.3 is 0 Å². The standard InChI is InChI=1S/C16H22ClNO2/c17-12-5-6-13-15(20-10-4-9-19-13)14(12)16(11-18)7-2-1-3-8-16/h5-6H,1-4,7-11,18H2. The monoisotopic (exact) mass is 295 g/mol. The maximum absolute atomic E-state index is 6.53. The molecule has 2 N–H and O–H groups in total. The van der Waals surface area contributed by atoms with Crippen LogP contribution in [0.5, 0.6) is 11.5 Å². The summed E-state index contributed by atoms with van der Waals surface area (Å²) in [5.41, 5.74) is 7.19.